The predicted octanol–water partition coefficient (Wildman–Crippen LogP) is 1.87. The molecule has 0 atom stereocenters. The lowest BCUT2D eigenvalue weighted by atomic mass is 10.1. The molecule has 0 bridgehead atoms. The molecule has 0 aromatic heterocycles. The van der Waals surface area contributed by atoms with Crippen LogP contribution < -0.4 is 0 Å². The van der Waals surface area contributed by atoms with E-state index in [-0.39, 0.29) is 6.61 Å². The van der Waals surface area contributed by atoms with Crippen molar-refractivity contribution in [3.05, 3.63) is 33.8 Å². The molecule has 1 heterocycles. The Morgan fingerprint density at radius 2 is 1.83 bits per heavy atom. The van der Waals surface area contributed by atoms with Crippen molar-refractivity contribution >= 4 is 15.9 Å². The summed E-state index contributed by atoms with van der Waals surface area (Å²) in [5.41, 5.74) is 2.68. The highest BCUT2D eigenvalue weighted by Crippen LogP contribution is 2.18. The molecule has 1 N–H and O–H groups in total. The van der Waals surface area contributed by atoms with Gasteiger partial charge in [0.1, 0.15) is 0 Å². The number of halogens is 1. The average molecular weight is 313 g/mol. The van der Waals surface area contributed by atoms with Crippen molar-refractivity contribution < 1.29 is 5.11 Å². The van der Waals surface area contributed by atoms with E-state index in [0.717, 1.165) is 39.3 Å². The van der Waals surface area contributed by atoms with Crippen LogP contribution in [0.25, 0.3) is 0 Å². The summed E-state index contributed by atoms with van der Waals surface area (Å²) in [5, 5.41) is 8.92. The number of hydrogen-bond donors (Lipinski definition) is 1. The molecule has 18 heavy (non-hydrogen) atoms. The molecule has 1 aliphatic rings. The summed E-state index contributed by atoms with van der Waals surface area (Å²) in [6.07, 6.45) is 0. The van der Waals surface area contributed by atoms with Gasteiger partial charge in [0.2, 0.25) is 0 Å². The van der Waals surface area contributed by atoms with Crippen molar-refractivity contribution in [3.8, 4) is 0 Å². The second-order valence-corrected chi connectivity index (χ2v) is 5.78. The van der Waals surface area contributed by atoms with Gasteiger partial charge in [0, 0.05) is 43.7 Å². The molecule has 0 unspecified atom stereocenters. The smallest absolute Gasteiger partial charge is 0.0558 e. The fourth-order valence-electron chi connectivity index (χ4n) is 2.38. The van der Waals surface area contributed by atoms with Crippen LogP contribution >= 0.6 is 15.9 Å². The van der Waals surface area contributed by atoms with Gasteiger partial charge >= 0.3 is 0 Å². The van der Waals surface area contributed by atoms with Gasteiger partial charge in [0.05, 0.1) is 6.61 Å². The zero-order chi connectivity index (χ0) is 13.0. The van der Waals surface area contributed by atoms with Gasteiger partial charge in [-0.2, -0.15) is 0 Å². The minimum atomic E-state index is 0.270. The maximum Gasteiger partial charge on any atom is 0.0558 e. The average Bonchev–Trinajstić information content (AvgIpc) is 2.37. The van der Waals surface area contributed by atoms with Crippen LogP contribution in [0.3, 0.4) is 0 Å². The van der Waals surface area contributed by atoms with E-state index in [2.05, 4.69) is 50.9 Å². The number of aliphatic hydroxyl groups is 1. The molecule has 1 aromatic rings. The number of aliphatic hydroxyl groups excluding tert-OH is 1. The van der Waals surface area contributed by atoms with Gasteiger partial charge in [-0.15, -0.1) is 0 Å². The Bertz CT molecular complexity index is 389. The van der Waals surface area contributed by atoms with Gasteiger partial charge in [0.25, 0.3) is 0 Å². The standard InChI is InChI=1S/C14H21BrN2O/c1-12-10-13(2-3-14(12)15)11-17-6-4-16(5-7-17)8-9-18/h2-3,10,18H,4-9,11H2,1H3. The van der Waals surface area contributed by atoms with Crippen molar-refractivity contribution in [1.82, 2.24) is 9.80 Å². The highest BCUT2D eigenvalue weighted by Gasteiger charge is 2.16. The van der Waals surface area contributed by atoms with Gasteiger partial charge < -0.3 is 5.11 Å². The number of β-amino-alcohol motifs (C(OH)–C–C–N with tert-alkyl or cyclic N) is 1. The van der Waals surface area contributed by atoms with E-state index in [1.54, 1.807) is 0 Å². The van der Waals surface area contributed by atoms with E-state index in [1.165, 1.54) is 15.6 Å². The molecule has 2 rings (SSSR count). The first kappa shape index (κ1) is 14.0. The Hall–Kier alpha value is -0.420. The lowest BCUT2D eigenvalue weighted by Gasteiger charge is -2.34. The first-order valence-electron chi connectivity index (χ1n) is 6.49. The zero-order valence-corrected chi connectivity index (χ0v) is 12.5. The number of piperazine rings is 1. The molecule has 1 aromatic carbocycles. The molecule has 0 radical (unpaired) electrons. The molecule has 3 nitrogen and oxygen atoms in total. The minimum absolute atomic E-state index is 0.270. The van der Waals surface area contributed by atoms with E-state index in [0.29, 0.717) is 0 Å². The quantitative estimate of drug-likeness (QED) is 0.919. The fourth-order valence-corrected chi connectivity index (χ4v) is 2.62. The molecular formula is C14H21BrN2O. The maximum absolute atomic E-state index is 8.92. The Balaban J connectivity index is 1.85. The molecule has 4 heteroatoms. The number of nitrogens with zero attached hydrogens (tertiary/aromatic N) is 2. The summed E-state index contributed by atoms with van der Waals surface area (Å²) in [6.45, 7) is 8.56. The van der Waals surface area contributed by atoms with Crippen LogP contribution in [0.15, 0.2) is 22.7 Å². The lowest BCUT2D eigenvalue weighted by Crippen LogP contribution is -2.46. The molecular weight excluding hydrogens is 292 g/mol. The minimum Gasteiger partial charge on any atom is -0.395 e. The number of rotatable bonds is 4. The molecule has 1 fully saturated rings. The summed E-state index contributed by atoms with van der Waals surface area (Å²) in [6, 6.07) is 6.58. The fraction of sp³-hybridized carbons (Fsp3) is 0.571. The monoisotopic (exact) mass is 312 g/mol. The largest absolute Gasteiger partial charge is 0.395 e. The third-order valence-corrected chi connectivity index (χ3v) is 4.40. The number of aryl methyl sites for hydroxylation is 1. The normalized spacial score (nSPS) is 18.2. The van der Waals surface area contributed by atoms with Crippen LogP contribution in [-0.2, 0) is 6.54 Å². The summed E-state index contributed by atoms with van der Waals surface area (Å²) >= 11 is 3.54. The molecule has 0 spiro atoms. The molecule has 0 amide bonds. The van der Waals surface area contributed by atoms with Crippen LogP contribution in [-0.4, -0.2) is 54.2 Å². The SMILES string of the molecule is Cc1cc(CN2CCN(CCO)CC2)ccc1Br. The van der Waals surface area contributed by atoms with Gasteiger partial charge in [-0.3, -0.25) is 9.80 Å². The van der Waals surface area contributed by atoms with Crippen LogP contribution in [0.1, 0.15) is 11.1 Å². The Kier molecular flexibility index (Phi) is 5.18. The molecule has 0 aliphatic carbocycles. The van der Waals surface area contributed by atoms with Gasteiger partial charge in [-0.25, -0.2) is 0 Å². The van der Waals surface area contributed by atoms with Crippen molar-refractivity contribution in [2.75, 3.05) is 39.3 Å². The molecule has 1 aliphatic heterocycles. The lowest BCUT2D eigenvalue weighted by molar-refractivity contribution is 0.108. The molecule has 1 saturated heterocycles. The van der Waals surface area contributed by atoms with Crippen molar-refractivity contribution in [1.29, 1.82) is 0 Å². The Labute approximate surface area is 118 Å². The Morgan fingerprint density at radius 3 is 2.44 bits per heavy atom. The van der Waals surface area contributed by atoms with Crippen LogP contribution in [0, 0.1) is 6.92 Å². The Morgan fingerprint density at radius 1 is 1.17 bits per heavy atom. The summed E-state index contributed by atoms with van der Waals surface area (Å²) in [4.78, 5) is 4.81. The van der Waals surface area contributed by atoms with Gasteiger partial charge in [0.15, 0.2) is 0 Å². The third-order valence-electron chi connectivity index (χ3n) is 3.51. The third kappa shape index (κ3) is 3.79. The highest BCUT2D eigenvalue weighted by molar-refractivity contribution is 9.10. The second-order valence-electron chi connectivity index (χ2n) is 4.92. The van der Waals surface area contributed by atoms with Crippen molar-refractivity contribution in [3.63, 3.8) is 0 Å². The summed E-state index contributed by atoms with van der Waals surface area (Å²) in [7, 11) is 0. The van der Waals surface area contributed by atoms with E-state index in [9.17, 15) is 0 Å². The zero-order valence-electron chi connectivity index (χ0n) is 10.9. The van der Waals surface area contributed by atoms with Gasteiger partial charge in [-0.05, 0) is 24.1 Å². The number of hydrogen-bond acceptors (Lipinski definition) is 3. The first-order valence-corrected chi connectivity index (χ1v) is 7.29. The molecule has 100 valence electrons. The molecule has 0 saturated carbocycles. The van der Waals surface area contributed by atoms with Crippen LogP contribution in [0.4, 0.5) is 0 Å². The summed E-state index contributed by atoms with van der Waals surface area (Å²) in [5.74, 6) is 0. The topological polar surface area (TPSA) is 26.7 Å². The van der Waals surface area contributed by atoms with Crippen molar-refractivity contribution in [2.45, 2.75) is 13.5 Å². The maximum atomic E-state index is 8.92. The van der Waals surface area contributed by atoms with E-state index >= 15 is 0 Å². The van der Waals surface area contributed by atoms with Crippen LogP contribution in [0.5, 0.6) is 0 Å². The van der Waals surface area contributed by atoms with E-state index in [4.69, 9.17) is 5.11 Å². The first-order chi connectivity index (χ1) is 8.69. The van der Waals surface area contributed by atoms with E-state index < -0.39 is 0 Å². The van der Waals surface area contributed by atoms with E-state index in [1.807, 2.05) is 0 Å². The highest BCUT2D eigenvalue weighted by atomic mass is 79.9. The predicted molar refractivity (Wildman–Crippen MR) is 77.7 cm³/mol. The van der Waals surface area contributed by atoms with Gasteiger partial charge in [-0.1, -0.05) is 28.1 Å². The summed E-state index contributed by atoms with van der Waals surface area (Å²) < 4.78 is 1.18. The van der Waals surface area contributed by atoms with Crippen LogP contribution in [0.2, 0.25) is 0 Å². The number of benzene rings is 1. The van der Waals surface area contributed by atoms with Crippen molar-refractivity contribution in [2.24, 2.45) is 0 Å². The second kappa shape index (κ2) is 6.66.